The molecule has 0 aliphatic carbocycles. The van der Waals surface area contributed by atoms with Crippen LogP contribution in [0.3, 0.4) is 0 Å². The molecule has 0 radical (unpaired) electrons. The zero-order valence-corrected chi connectivity index (χ0v) is 18.0. The molecule has 6 nitrogen and oxygen atoms in total. The monoisotopic (exact) mass is 361 g/mol. The highest BCUT2D eigenvalue weighted by atomic mass is 28.4. The van der Waals surface area contributed by atoms with Crippen molar-refractivity contribution in [3.63, 3.8) is 0 Å². The predicted molar refractivity (Wildman–Crippen MR) is 96.9 cm³/mol. The Kier molecular flexibility index (Phi) is 8.12. The summed E-state index contributed by atoms with van der Waals surface area (Å²) in [6, 6.07) is 0. The Bertz CT molecular complexity index is 437. The number of nitrogens with zero attached hydrogens (tertiary/aromatic N) is 1. The van der Waals surface area contributed by atoms with E-state index in [0.29, 0.717) is 0 Å². The molecule has 1 atom stereocenters. The highest BCUT2D eigenvalue weighted by molar-refractivity contribution is 6.74. The first-order valence-corrected chi connectivity index (χ1v) is 11.2. The fourth-order valence-electron chi connectivity index (χ4n) is 1.74. The molecular formula is C17H35NO5Si. The summed E-state index contributed by atoms with van der Waals surface area (Å²) in [7, 11) is 0.842. The van der Waals surface area contributed by atoms with Crippen LogP contribution in [-0.2, 0) is 23.6 Å². The van der Waals surface area contributed by atoms with Gasteiger partial charge in [-0.2, -0.15) is 0 Å². The summed E-state index contributed by atoms with van der Waals surface area (Å²) < 4.78 is 11.7. The standard InChI is InChI=1S/C17H35NO5Si/c1-16(2,3)22-15(20)12-13(11-14(19)18(7)21-8)23-24(9,10)17(4,5)6/h13H,11-12H2,1-10H3. The van der Waals surface area contributed by atoms with E-state index in [9.17, 15) is 9.59 Å². The normalized spacial score (nSPS) is 14.2. The van der Waals surface area contributed by atoms with Crippen molar-refractivity contribution in [2.45, 2.75) is 84.2 Å². The molecule has 0 aliphatic heterocycles. The third-order valence-electron chi connectivity index (χ3n) is 4.11. The average molecular weight is 362 g/mol. The third kappa shape index (κ3) is 8.26. The molecule has 0 rings (SSSR count). The zero-order chi connectivity index (χ0) is 19.3. The number of hydrogen-bond donors (Lipinski definition) is 0. The summed E-state index contributed by atoms with van der Waals surface area (Å²) in [5.74, 6) is -0.594. The SMILES string of the molecule is CON(C)C(=O)CC(CC(=O)OC(C)(C)C)O[Si](C)(C)C(C)(C)C. The van der Waals surface area contributed by atoms with Crippen molar-refractivity contribution < 1.29 is 23.6 Å². The van der Waals surface area contributed by atoms with Crippen LogP contribution in [0.25, 0.3) is 0 Å². The fraction of sp³-hybridized carbons (Fsp3) is 0.882. The van der Waals surface area contributed by atoms with Gasteiger partial charge in [0.05, 0.1) is 26.1 Å². The van der Waals surface area contributed by atoms with Crippen LogP contribution in [0.4, 0.5) is 0 Å². The number of amides is 1. The molecule has 0 aliphatic rings. The van der Waals surface area contributed by atoms with Gasteiger partial charge in [-0.15, -0.1) is 0 Å². The fourth-order valence-corrected chi connectivity index (χ4v) is 3.10. The molecule has 0 aromatic rings. The number of carbonyl (C=O) groups is 2. The van der Waals surface area contributed by atoms with Crippen LogP contribution in [0.2, 0.25) is 18.1 Å². The second-order valence-electron chi connectivity index (χ2n) is 8.57. The maximum absolute atomic E-state index is 12.2. The first kappa shape index (κ1) is 23.1. The highest BCUT2D eigenvalue weighted by Crippen LogP contribution is 2.38. The summed E-state index contributed by atoms with van der Waals surface area (Å²) in [4.78, 5) is 29.3. The molecule has 24 heavy (non-hydrogen) atoms. The maximum atomic E-state index is 12.2. The topological polar surface area (TPSA) is 65.1 Å². The lowest BCUT2D eigenvalue weighted by Crippen LogP contribution is -2.46. The van der Waals surface area contributed by atoms with Gasteiger partial charge in [-0.1, -0.05) is 20.8 Å². The van der Waals surface area contributed by atoms with Gasteiger partial charge in [0.15, 0.2) is 8.32 Å². The van der Waals surface area contributed by atoms with Gasteiger partial charge in [0.1, 0.15) is 5.60 Å². The molecule has 0 N–H and O–H groups in total. The number of rotatable bonds is 7. The lowest BCUT2D eigenvalue weighted by Gasteiger charge is -2.39. The van der Waals surface area contributed by atoms with Crippen LogP contribution in [0.15, 0.2) is 0 Å². The third-order valence-corrected chi connectivity index (χ3v) is 8.64. The summed E-state index contributed by atoms with van der Waals surface area (Å²) in [6.45, 7) is 16.0. The lowest BCUT2D eigenvalue weighted by molar-refractivity contribution is -0.171. The van der Waals surface area contributed by atoms with Crippen molar-refractivity contribution in [3.8, 4) is 0 Å². The number of carbonyl (C=O) groups excluding carboxylic acids is 2. The molecule has 1 unspecified atom stereocenters. The Hall–Kier alpha value is -0.923. The number of hydroxylamine groups is 2. The van der Waals surface area contributed by atoms with E-state index in [4.69, 9.17) is 14.0 Å². The van der Waals surface area contributed by atoms with E-state index in [-0.39, 0.29) is 29.8 Å². The van der Waals surface area contributed by atoms with Crippen LogP contribution in [0.1, 0.15) is 54.4 Å². The van der Waals surface area contributed by atoms with Crippen molar-refractivity contribution in [2.75, 3.05) is 14.2 Å². The van der Waals surface area contributed by atoms with Gasteiger partial charge in [-0.05, 0) is 38.9 Å². The molecule has 0 saturated carbocycles. The van der Waals surface area contributed by atoms with Crippen LogP contribution in [0, 0.1) is 0 Å². The van der Waals surface area contributed by atoms with E-state index in [2.05, 4.69) is 33.9 Å². The summed E-state index contributed by atoms with van der Waals surface area (Å²) >= 11 is 0. The molecule has 0 heterocycles. The summed E-state index contributed by atoms with van der Waals surface area (Å²) in [5, 5.41) is 1.13. The van der Waals surface area contributed by atoms with Gasteiger partial charge in [0.25, 0.3) is 0 Å². The predicted octanol–water partition coefficient (Wildman–Crippen LogP) is 3.52. The van der Waals surface area contributed by atoms with Crippen molar-refractivity contribution >= 4 is 20.2 Å². The average Bonchev–Trinajstić information content (AvgIpc) is 2.32. The smallest absolute Gasteiger partial charge is 0.308 e. The van der Waals surface area contributed by atoms with Crippen LogP contribution >= 0.6 is 0 Å². The minimum Gasteiger partial charge on any atom is -0.460 e. The highest BCUT2D eigenvalue weighted by Gasteiger charge is 2.40. The molecule has 0 bridgehead atoms. The molecule has 1 amide bonds. The Morgan fingerprint density at radius 1 is 1.04 bits per heavy atom. The maximum Gasteiger partial charge on any atom is 0.308 e. The van der Waals surface area contributed by atoms with Crippen molar-refractivity contribution in [1.82, 2.24) is 5.06 Å². The Morgan fingerprint density at radius 3 is 1.92 bits per heavy atom. The first-order chi connectivity index (χ1) is 10.6. The van der Waals surface area contributed by atoms with Gasteiger partial charge >= 0.3 is 5.97 Å². The molecule has 142 valence electrons. The second-order valence-corrected chi connectivity index (χ2v) is 13.3. The molecule has 0 spiro atoms. The van der Waals surface area contributed by atoms with E-state index in [1.807, 2.05) is 20.8 Å². The van der Waals surface area contributed by atoms with Crippen LogP contribution < -0.4 is 0 Å². The number of esters is 1. The van der Waals surface area contributed by atoms with E-state index in [1.165, 1.54) is 7.11 Å². The van der Waals surface area contributed by atoms with E-state index >= 15 is 0 Å². The van der Waals surface area contributed by atoms with E-state index in [0.717, 1.165) is 5.06 Å². The van der Waals surface area contributed by atoms with Crippen molar-refractivity contribution in [1.29, 1.82) is 0 Å². The molecule has 0 aromatic heterocycles. The number of hydrogen-bond acceptors (Lipinski definition) is 5. The van der Waals surface area contributed by atoms with Gasteiger partial charge in [-0.25, -0.2) is 5.06 Å². The minimum atomic E-state index is -2.12. The van der Waals surface area contributed by atoms with Gasteiger partial charge in [0, 0.05) is 7.05 Å². The van der Waals surface area contributed by atoms with Gasteiger partial charge < -0.3 is 9.16 Å². The first-order valence-electron chi connectivity index (χ1n) is 8.29. The Morgan fingerprint density at radius 2 is 1.54 bits per heavy atom. The Balaban J connectivity index is 5.16. The van der Waals surface area contributed by atoms with Crippen LogP contribution in [-0.4, -0.2) is 51.1 Å². The molecular weight excluding hydrogens is 326 g/mol. The van der Waals surface area contributed by atoms with E-state index < -0.39 is 20.0 Å². The molecule has 0 aromatic carbocycles. The molecule has 7 heteroatoms. The quantitative estimate of drug-likeness (QED) is 0.394. The largest absolute Gasteiger partial charge is 0.460 e. The zero-order valence-electron chi connectivity index (χ0n) is 17.0. The van der Waals surface area contributed by atoms with Crippen LogP contribution in [0.5, 0.6) is 0 Å². The van der Waals surface area contributed by atoms with Gasteiger partial charge in [-0.3, -0.25) is 14.4 Å². The molecule has 0 fully saturated rings. The Labute approximate surface area is 147 Å². The van der Waals surface area contributed by atoms with Gasteiger partial charge in [0.2, 0.25) is 5.91 Å². The second kappa shape index (κ2) is 8.45. The van der Waals surface area contributed by atoms with E-state index in [1.54, 1.807) is 7.05 Å². The van der Waals surface area contributed by atoms with Crippen molar-refractivity contribution in [2.24, 2.45) is 0 Å². The van der Waals surface area contributed by atoms with Crippen molar-refractivity contribution in [3.05, 3.63) is 0 Å². The lowest BCUT2D eigenvalue weighted by atomic mass is 10.1. The minimum absolute atomic E-state index is 0.0185. The summed E-state index contributed by atoms with van der Waals surface area (Å²) in [5.41, 5.74) is -0.564. The number of ether oxygens (including phenoxy) is 1. The summed E-state index contributed by atoms with van der Waals surface area (Å²) in [6.07, 6.45) is -0.394. The molecule has 0 saturated heterocycles.